The second-order valence-electron chi connectivity index (χ2n) is 4.84. The number of thioether (sulfide) groups is 1. The van der Waals surface area contributed by atoms with Gasteiger partial charge in [-0.15, -0.1) is 11.8 Å². The number of amides is 1. The van der Waals surface area contributed by atoms with Crippen molar-refractivity contribution >= 4 is 17.7 Å². The highest BCUT2D eigenvalue weighted by Crippen LogP contribution is 2.35. The van der Waals surface area contributed by atoms with Crippen molar-refractivity contribution in [1.29, 1.82) is 0 Å². The van der Waals surface area contributed by atoms with Crippen LogP contribution < -0.4 is 0 Å². The van der Waals surface area contributed by atoms with E-state index in [-0.39, 0.29) is 5.25 Å². The molecule has 1 amide bonds. The van der Waals surface area contributed by atoms with Crippen molar-refractivity contribution in [3.63, 3.8) is 0 Å². The van der Waals surface area contributed by atoms with Gasteiger partial charge < -0.3 is 4.90 Å². The van der Waals surface area contributed by atoms with E-state index >= 15 is 0 Å². The van der Waals surface area contributed by atoms with Gasteiger partial charge in [-0.1, -0.05) is 30.3 Å². The van der Waals surface area contributed by atoms with E-state index in [0.29, 0.717) is 11.9 Å². The monoisotopic (exact) mass is 247 g/mol. The Morgan fingerprint density at radius 2 is 1.94 bits per heavy atom. The molecular formula is C14H17NOS. The maximum absolute atomic E-state index is 12.1. The molecule has 1 saturated carbocycles. The van der Waals surface area contributed by atoms with E-state index in [4.69, 9.17) is 0 Å². The zero-order valence-electron chi connectivity index (χ0n) is 9.84. The van der Waals surface area contributed by atoms with Crippen molar-refractivity contribution in [2.75, 3.05) is 6.54 Å². The Bertz CT molecular complexity index is 402. The van der Waals surface area contributed by atoms with Gasteiger partial charge in [0.1, 0.15) is 0 Å². The largest absolute Gasteiger partial charge is 0.339 e. The van der Waals surface area contributed by atoms with Crippen LogP contribution in [0.1, 0.15) is 24.8 Å². The Balaban J connectivity index is 1.54. The summed E-state index contributed by atoms with van der Waals surface area (Å²) in [6.45, 7) is 0.982. The van der Waals surface area contributed by atoms with Gasteiger partial charge in [-0.05, 0) is 24.8 Å². The summed E-state index contributed by atoms with van der Waals surface area (Å²) in [4.78, 5) is 14.2. The van der Waals surface area contributed by atoms with Crippen molar-refractivity contribution in [2.45, 2.75) is 36.3 Å². The van der Waals surface area contributed by atoms with Crippen LogP contribution in [0, 0.1) is 0 Å². The quantitative estimate of drug-likeness (QED) is 0.815. The standard InChI is InChI=1S/C14H17NOS/c16-14-13(8-9-15(14)12-6-7-12)17-10-11-4-2-1-3-5-11/h1-5,12-13H,6-10H2/t13-/m1/s1. The molecule has 3 heteroatoms. The lowest BCUT2D eigenvalue weighted by Gasteiger charge is -2.15. The molecule has 1 aliphatic carbocycles. The fourth-order valence-corrected chi connectivity index (χ4v) is 3.49. The fraction of sp³-hybridized carbons (Fsp3) is 0.500. The third kappa shape index (κ3) is 2.49. The fourth-order valence-electron chi connectivity index (χ4n) is 2.35. The van der Waals surface area contributed by atoms with Gasteiger partial charge in [-0.3, -0.25) is 4.79 Å². The highest BCUT2D eigenvalue weighted by Gasteiger charge is 2.40. The van der Waals surface area contributed by atoms with Gasteiger partial charge in [0.25, 0.3) is 0 Å². The lowest BCUT2D eigenvalue weighted by atomic mass is 10.2. The first-order valence-electron chi connectivity index (χ1n) is 6.30. The van der Waals surface area contributed by atoms with Crippen molar-refractivity contribution in [3.05, 3.63) is 35.9 Å². The zero-order chi connectivity index (χ0) is 11.7. The Morgan fingerprint density at radius 3 is 2.65 bits per heavy atom. The molecule has 1 aliphatic heterocycles. The number of nitrogens with zero attached hydrogens (tertiary/aromatic N) is 1. The van der Waals surface area contributed by atoms with Crippen LogP contribution in [0.5, 0.6) is 0 Å². The first-order valence-corrected chi connectivity index (χ1v) is 7.35. The van der Waals surface area contributed by atoms with Crippen LogP contribution in [0.25, 0.3) is 0 Å². The van der Waals surface area contributed by atoms with Gasteiger partial charge in [-0.2, -0.15) is 0 Å². The molecule has 0 unspecified atom stereocenters. The molecule has 1 heterocycles. The highest BCUT2D eigenvalue weighted by atomic mass is 32.2. The average molecular weight is 247 g/mol. The summed E-state index contributed by atoms with van der Waals surface area (Å²) in [6, 6.07) is 11.0. The number of carbonyl (C=O) groups excluding carboxylic acids is 1. The van der Waals surface area contributed by atoms with E-state index in [9.17, 15) is 4.79 Å². The van der Waals surface area contributed by atoms with Gasteiger partial charge in [0, 0.05) is 18.3 Å². The van der Waals surface area contributed by atoms with Gasteiger partial charge in [-0.25, -0.2) is 0 Å². The molecule has 0 radical (unpaired) electrons. The van der Waals surface area contributed by atoms with Crippen molar-refractivity contribution in [3.8, 4) is 0 Å². The molecule has 0 spiro atoms. The van der Waals surface area contributed by atoms with E-state index in [2.05, 4.69) is 29.2 Å². The van der Waals surface area contributed by atoms with E-state index in [1.54, 1.807) is 11.8 Å². The highest BCUT2D eigenvalue weighted by molar-refractivity contribution is 7.99. The van der Waals surface area contributed by atoms with E-state index in [0.717, 1.165) is 18.7 Å². The third-order valence-electron chi connectivity index (χ3n) is 3.47. The molecule has 3 rings (SSSR count). The topological polar surface area (TPSA) is 20.3 Å². The van der Waals surface area contributed by atoms with Gasteiger partial charge >= 0.3 is 0 Å². The predicted molar refractivity (Wildman–Crippen MR) is 70.9 cm³/mol. The summed E-state index contributed by atoms with van der Waals surface area (Å²) >= 11 is 1.80. The zero-order valence-corrected chi connectivity index (χ0v) is 10.7. The number of rotatable bonds is 4. The number of carbonyl (C=O) groups is 1. The summed E-state index contributed by atoms with van der Waals surface area (Å²) in [7, 11) is 0. The van der Waals surface area contributed by atoms with Crippen LogP contribution in [0.3, 0.4) is 0 Å². The molecule has 0 N–H and O–H groups in total. The molecule has 0 aromatic heterocycles. The Morgan fingerprint density at radius 1 is 1.18 bits per heavy atom. The lowest BCUT2D eigenvalue weighted by Crippen LogP contribution is -2.30. The first-order chi connectivity index (χ1) is 8.34. The molecule has 2 aliphatic rings. The molecule has 2 nitrogen and oxygen atoms in total. The van der Waals surface area contributed by atoms with Crippen LogP contribution in [-0.2, 0) is 10.5 Å². The Hall–Kier alpha value is -0.960. The molecule has 1 aromatic carbocycles. The van der Waals surface area contributed by atoms with Crippen LogP contribution in [0.4, 0.5) is 0 Å². The molecule has 1 aromatic rings. The molecule has 2 fully saturated rings. The molecule has 0 bridgehead atoms. The molecule has 90 valence electrons. The SMILES string of the molecule is O=C1[C@H](SCc2ccccc2)CCN1C1CC1. The number of hydrogen-bond donors (Lipinski definition) is 0. The maximum Gasteiger partial charge on any atom is 0.236 e. The number of hydrogen-bond acceptors (Lipinski definition) is 2. The van der Waals surface area contributed by atoms with E-state index in [1.807, 2.05) is 6.07 Å². The summed E-state index contributed by atoms with van der Waals surface area (Å²) < 4.78 is 0. The minimum absolute atomic E-state index is 0.204. The van der Waals surface area contributed by atoms with Gasteiger partial charge in [0.2, 0.25) is 5.91 Å². The van der Waals surface area contributed by atoms with E-state index < -0.39 is 0 Å². The molecular weight excluding hydrogens is 230 g/mol. The number of likely N-dealkylation sites (tertiary alicyclic amines) is 1. The first kappa shape index (κ1) is 11.1. The van der Waals surface area contributed by atoms with Crippen LogP contribution in [0.15, 0.2) is 30.3 Å². The second-order valence-corrected chi connectivity index (χ2v) is 6.03. The van der Waals surface area contributed by atoms with Crippen LogP contribution in [-0.4, -0.2) is 28.6 Å². The van der Waals surface area contributed by atoms with Crippen molar-refractivity contribution < 1.29 is 4.79 Å². The summed E-state index contributed by atoms with van der Waals surface area (Å²) in [5, 5.41) is 0.204. The summed E-state index contributed by atoms with van der Waals surface area (Å²) in [5.41, 5.74) is 1.31. The predicted octanol–water partition coefficient (Wildman–Crippen LogP) is 2.68. The minimum Gasteiger partial charge on any atom is -0.339 e. The van der Waals surface area contributed by atoms with E-state index in [1.165, 1.54) is 18.4 Å². The molecule has 1 saturated heterocycles. The second kappa shape index (κ2) is 4.73. The smallest absolute Gasteiger partial charge is 0.236 e. The maximum atomic E-state index is 12.1. The minimum atomic E-state index is 0.204. The Kier molecular flexibility index (Phi) is 3.10. The van der Waals surface area contributed by atoms with Crippen LogP contribution in [0.2, 0.25) is 0 Å². The van der Waals surface area contributed by atoms with Gasteiger partial charge in [0.15, 0.2) is 0 Å². The van der Waals surface area contributed by atoms with Crippen molar-refractivity contribution in [1.82, 2.24) is 4.90 Å². The molecule has 1 atom stereocenters. The normalized spacial score (nSPS) is 24.4. The Labute approximate surface area is 106 Å². The average Bonchev–Trinajstić information content (AvgIpc) is 3.13. The number of benzene rings is 1. The third-order valence-corrected chi connectivity index (χ3v) is 4.81. The lowest BCUT2D eigenvalue weighted by molar-refractivity contribution is -0.127. The molecule has 17 heavy (non-hydrogen) atoms. The summed E-state index contributed by atoms with van der Waals surface area (Å²) in [6.07, 6.45) is 3.48. The van der Waals surface area contributed by atoms with Gasteiger partial charge in [0.05, 0.1) is 5.25 Å². The summed E-state index contributed by atoms with van der Waals surface area (Å²) in [5.74, 6) is 1.34. The van der Waals surface area contributed by atoms with Crippen molar-refractivity contribution in [2.24, 2.45) is 0 Å². The van der Waals surface area contributed by atoms with Crippen LogP contribution >= 0.6 is 11.8 Å².